The number of hydrogen-bond acceptors (Lipinski definition) is 3. The van der Waals surface area contributed by atoms with Crippen molar-refractivity contribution in [3.63, 3.8) is 0 Å². The Morgan fingerprint density at radius 3 is 2.15 bits per heavy atom. The minimum Gasteiger partial charge on any atom is -0.497 e. The molecule has 2 aromatic rings. The molecule has 5 heteroatoms. The molecule has 2 aromatic carbocycles. The van der Waals surface area contributed by atoms with Crippen molar-refractivity contribution in [2.24, 2.45) is 0 Å². The van der Waals surface area contributed by atoms with Crippen LogP contribution in [0, 0.1) is 30.6 Å². The zero-order valence-electron chi connectivity index (χ0n) is 15.1. The number of nitrogens with zero attached hydrogens (tertiary/aromatic N) is 1. The Morgan fingerprint density at radius 1 is 0.962 bits per heavy atom. The smallest absolute Gasteiger partial charge is 0.244 e. The van der Waals surface area contributed by atoms with Crippen molar-refractivity contribution >= 4 is 10.0 Å². The lowest BCUT2D eigenvalue weighted by Crippen LogP contribution is -2.32. The monoisotopic (exact) mass is 367 g/mol. The number of hydrogen-bond donors (Lipinski definition) is 0. The molecule has 0 heterocycles. The lowest BCUT2D eigenvalue weighted by Gasteiger charge is -2.17. The van der Waals surface area contributed by atoms with Crippen molar-refractivity contribution in [1.29, 1.82) is 0 Å². The van der Waals surface area contributed by atoms with E-state index < -0.39 is 10.0 Å². The Morgan fingerprint density at radius 2 is 1.58 bits per heavy atom. The topological polar surface area (TPSA) is 46.6 Å². The molecule has 0 amide bonds. The molecule has 0 bridgehead atoms. The third kappa shape index (κ3) is 5.13. The highest BCUT2D eigenvalue weighted by Crippen LogP contribution is 2.16. The summed E-state index contributed by atoms with van der Waals surface area (Å²) in [6.07, 6.45) is 0. The molecule has 0 aliphatic rings. The highest BCUT2D eigenvalue weighted by molar-refractivity contribution is 7.89. The van der Waals surface area contributed by atoms with Crippen molar-refractivity contribution in [1.82, 2.24) is 4.31 Å². The molecule has 0 fully saturated rings. The Balaban J connectivity index is 2.22. The van der Waals surface area contributed by atoms with Crippen LogP contribution in [0.1, 0.15) is 18.1 Å². The van der Waals surface area contributed by atoms with E-state index >= 15 is 0 Å². The molecule has 0 atom stereocenters. The van der Waals surface area contributed by atoms with Crippen LogP contribution in [0.3, 0.4) is 0 Å². The van der Waals surface area contributed by atoms with Crippen LogP contribution < -0.4 is 4.74 Å². The van der Waals surface area contributed by atoms with Gasteiger partial charge in [0.25, 0.3) is 0 Å². The summed E-state index contributed by atoms with van der Waals surface area (Å²) in [5, 5.41) is 0. The number of sulfonamides is 1. The fourth-order valence-corrected chi connectivity index (χ4v) is 3.40. The minimum absolute atomic E-state index is 0.0664. The second kappa shape index (κ2) is 9.10. The molecule has 0 aliphatic carbocycles. The normalized spacial score (nSPS) is 10.5. The minimum atomic E-state index is -3.65. The van der Waals surface area contributed by atoms with Gasteiger partial charge in [-0.25, -0.2) is 8.42 Å². The number of rotatable bonds is 5. The molecule has 0 unspecified atom stereocenters. The fourth-order valence-electron chi connectivity index (χ4n) is 2.16. The van der Waals surface area contributed by atoms with Crippen molar-refractivity contribution < 1.29 is 13.2 Å². The van der Waals surface area contributed by atoms with Gasteiger partial charge in [0.05, 0.1) is 25.1 Å². The summed E-state index contributed by atoms with van der Waals surface area (Å²) >= 11 is 0. The molecule has 0 saturated heterocycles. The van der Waals surface area contributed by atoms with Gasteiger partial charge in [-0.3, -0.25) is 0 Å². The largest absolute Gasteiger partial charge is 0.497 e. The van der Waals surface area contributed by atoms with Crippen LogP contribution in [0.4, 0.5) is 0 Å². The van der Waals surface area contributed by atoms with Crippen LogP contribution in [0.5, 0.6) is 5.75 Å². The number of aryl methyl sites for hydroxylation is 1. The summed E-state index contributed by atoms with van der Waals surface area (Å²) in [6, 6.07) is 14.1. The molecular formula is C21H21NO3S. The highest BCUT2D eigenvalue weighted by Gasteiger charge is 2.22. The molecule has 134 valence electrons. The third-order valence-corrected chi connectivity index (χ3v) is 5.48. The first kappa shape index (κ1) is 19.6. The van der Waals surface area contributed by atoms with E-state index in [2.05, 4.69) is 23.7 Å². The zero-order chi connectivity index (χ0) is 19.0. The Hall–Kier alpha value is -2.73. The van der Waals surface area contributed by atoms with Crippen molar-refractivity contribution in [3.05, 3.63) is 59.7 Å². The van der Waals surface area contributed by atoms with E-state index in [4.69, 9.17) is 4.74 Å². The molecule has 4 nitrogen and oxygen atoms in total. The molecule has 0 aromatic heterocycles. The van der Waals surface area contributed by atoms with Gasteiger partial charge in [-0.15, -0.1) is 5.92 Å². The quantitative estimate of drug-likeness (QED) is 0.763. The van der Waals surface area contributed by atoms with E-state index in [1.54, 1.807) is 38.3 Å². The van der Waals surface area contributed by atoms with Crippen LogP contribution >= 0.6 is 0 Å². The molecule has 0 radical (unpaired) electrons. The van der Waals surface area contributed by atoms with E-state index in [0.717, 1.165) is 16.9 Å². The average Bonchev–Trinajstić information content (AvgIpc) is 2.65. The van der Waals surface area contributed by atoms with Crippen LogP contribution in [-0.4, -0.2) is 32.9 Å². The molecular weight excluding hydrogens is 346 g/mol. The van der Waals surface area contributed by atoms with Gasteiger partial charge < -0.3 is 4.74 Å². The first-order chi connectivity index (χ1) is 12.5. The second-order valence-corrected chi connectivity index (χ2v) is 7.48. The Kier molecular flexibility index (Phi) is 6.86. The summed E-state index contributed by atoms with van der Waals surface area (Å²) < 4.78 is 32.1. The van der Waals surface area contributed by atoms with Crippen LogP contribution in [-0.2, 0) is 10.0 Å². The molecule has 0 N–H and O–H groups in total. The predicted molar refractivity (Wildman–Crippen MR) is 103 cm³/mol. The van der Waals surface area contributed by atoms with Crippen LogP contribution in [0.25, 0.3) is 0 Å². The standard InChI is InChI=1S/C21H21NO3S/c1-4-5-16-22(26(23,24)21-14-8-18(2)9-15-21)17-6-7-19-10-12-20(25-3)13-11-19/h8-15H,16-17H2,1-3H3. The zero-order valence-corrected chi connectivity index (χ0v) is 15.9. The second-order valence-electron chi connectivity index (χ2n) is 5.54. The van der Waals surface area contributed by atoms with Crippen molar-refractivity contribution in [3.8, 4) is 29.4 Å². The molecule has 0 aliphatic heterocycles. The molecule has 0 saturated carbocycles. The first-order valence-corrected chi connectivity index (χ1v) is 9.50. The SMILES string of the molecule is CC#CCN(CC#Cc1ccc(OC)cc1)S(=O)(=O)c1ccc(C)cc1. The van der Waals surface area contributed by atoms with Gasteiger partial charge in [0.1, 0.15) is 5.75 Å². The maximum Gasteiger partial charge on any atom is 0.244 e. The van der Waals surface area contributed by atoms with Gasteiger partial charge in [-0.05, 0) is 50.2 Å². The number of ether oxygens (including phenoxy) is 1. The van der Waals surface area contributed by atoms with Gasteiger partial charge in [0, 0.05) is 5.56 Å². The Labute approximate surface area is 155 Å². The van der Waals surface area contributed by atoms with Crippen LogP contribution in [0.15, 0.2) is 53.4 Å². The number of benzene rings is 2. The predicted octanol–water partition coefficient (Wildman–Crippen LogP) is 3.07. The van der Waals surface area contributed by atoms with Gasteiger partial charge in [0.15, 0.2) is 0 Å². The third-order valence-electron chi connectivity index (χ3n) is 3.67. The van der Waals surface area contributed by atoms with Gasteiger partial charge >= 0.3 is 0 Å². The van der Waals surface area contributed by atoms with Crippen LogP contribution in [0.2, 0.25) is 0 Å². The van der Waals surface area contributed by atoms with E-state index in [1.165, 1.54) is 4.31 Å². The van der Waals surface area contributed by atoms with Gasteiger partial charge in [0.2, 0.25) is 10.0 Å². The lowest BCUT2D eigenvalue weighted by molar-refractivity contribution is 0.415. The van der Waals surface area contributed by atoms with E-state index in [9.17, 15) is 8.42 Å². The van der Waals surface area contributed by atoms with E-state index in [-0.39, 0.29) is 18.0 Å². The number of methoxy groups -OCH3 is 1. The summed E-state index contributed by atoms with van der Waals surface area (Å²) in [5.41, 5.74) is 1.79. The average molecular weight is 367 g/mol. The summed E-state index contributed by atoms with van der Waals surface area (Å²) in [4.78, 5) is 0.243. The summed E-state index contributed by atoms with van der Waals surface area (Å²) in [6.45, 7) is 3.76. The molecule has 0 spiro atoms. The van der Waals surface area contributed by atoms with Gasteiger partial charge in [-0.2, -0.15) is 4.31 Å². The maximum atomic E-state index is 12.8. The van der Waals surface area contributed by atoms with Crippen molar-refractivity contribution in [2.75, 3.05) is 20.2 Å². The lowest BCUT2D eigenvalue weighted by atomic mass is 10.2. The fraction of sp³-hybridized carbons (Fsp3) is 0.238. The van der Waals surface area contributed by atoms with E-state index in [1.807, 2.05) is 31.2 Å². The summed E-state index contributed by atoms with van der Waals surface area (Å²) in [5.74, 6) is 12.2. The Bertz CT molecular complexity index is 954. The molecule has 2 rings (SSSR count). The molecule has 26 heavy (non-hydrogen) atoms. The summed E-state index contributed by atoms with van der Waals surface area (Å²) in [7, 11) is -2.05. The first-order valence-electron chi connectivity index (χ1n) is 8.06. The van der Waals surface area contributed by atoms with Crippen molar-refractivity contribution in [2.45, 2.75) is 18.7 Å². The maximum absolute atomic E-state index is 12.8. The highest BCUT2D eigenvalue weighted by atomic mass is 32.2. The van der Waals surface area contributed by atoms with Gasteiger partial charge in [-0.1, -0.05) is 35.5 Å². The van der Waals surface area contributed by atoms with E-state index in [0.29, 0.717) is 0 Å².